The SMILES string of the molecule is O=C(C1CCN(c2cc(-n3cncn3)ncn2)CC1)N1CCN(Cc2ccccc2)CC1. The van der Waals surface area contributed by atoms with Gasteiger partial charge in [0.2, 0.25) is 5.91 Å². The summed E-state index contributed by atoms with van der Waals surface area (Å²) in [4.78, 5) is 32.5. The third-order valence-corrected chi connectivity index (χ3v) is 6.39. The maximum Gasteiger partial charge on any atom is 0.225 e. The molecule has 0 atom stereocenters. The van der Waals surface area contributed by atoms with E-state index >= 15 is 0 Å². The Labute approximate surface area is 187 Å². The monoisotopic (exact) mass is 432 g/mol. The molecule has 2 aliphatic heterocycles. The second-order valence-electron chi connectivity index (χ2n) is 8.42. The van der Waals surface area contributed by atoms with Crippen LogP contribution < -0.4 is 4.90 Å². The molecule has 9 nitrogen and oxygen atoms in total. The lowest BCUT2D eigenvalue weighted by atomic mass is 9.95. The van der Waals surface area contributed by atoms with Crippen molar-refractivity contribution in [1.82, 2.24) is 34.5 Å². The number of piperidine rings is 1. The van der Waals surface area contributed by atoms with Gasteiger partial charge in [0.05, 0.1) is 0 Å². The minimum atomic E-state index is 0.101. The first-order valence-electron chi connectivity index (χ1n) is 11.2. The minimum Gasteiger partial charge on any atom is -0.356 e. The van der Waals surface area contributed by atoms with E-state index in [4.69, 9.17) is 0 Å². The fourth-order valence-corrected chi connectivity index (χ4v) is 4.54. The maximum atomic E-state index is 13.1. The van der Waals surface area contributed by atoms with Crippen LogP contribution >= 0.6 is 0 Å². The molecule has 0 aliphatic carbocycles. The zero-order valence-electron chi connectivity index (χ0n) is 18.1. The second-order valence-corrected chi connectivity index (χ2v) is 8.42. The van der Waals surface area contributed by atoms with Crippen LogP contribution in [-0.2, 0) is 11.3 Å². The first-order valence-corrected chi connectivity index (χ1v) is 11.2. The van der Waals surface area contributed by atoms with Gasteiger partial charge < -0.3 is 9.80 Å². The van der Waals surface area contributed by atoms with Crippen molar-refractivity contribution in [1.29, 1.82) is 0 Å². The first kappa shape index (κ1) is 20.6. The molecule has 3 aromatic rings. The standard InChI is InChI=1S/C23H28N8O/c32-23(30-12-10-28(11-13-30)15-19-4-2-1-3-5-19)20-6-8-29(9-7-20)21-14-22(26-17-25-21)31-18-24-16-27-31/h1-5,14,16-18,20H,6-13,15H2. The molecule has 0 radical (unpaired) electrons. The molecular formula is C23H28N8O. The molecule has 9 heteroatoms. The fourth-order valence-electron chi connectivity index (χ4n) is 4.54. The van der Waals surface area contributed by atoms with Crippen LogP contribution in [0.4, 0.5) is 5.82 Å². The summed E-state index contributed by atoms with van der Waals surface area (Å²) >= 11 is 0. The molecule has 2 aromatic heterocycles. The Morgan fingerprint density at radius 1 is 0.906 bits per heavy atom. The summed E-state index contributed by atoms with van der Waals surface area (Å²) in [7, 11) is 0. The number of benzene rings is 1. The van der Waals surface area contributed by atoms with Crippen molar-refractivity contribution >= 4 is 11.7 Å². The molecule has 5 rings (SSSR count). The number of hydrogen-bond donors (Lipinski definition) is 0. The number of piperazine rings is 1. The molecule has 166 valence electrons. The Hall–Kier alpha value is -3.33. The molecule has 0 saturated carbocycles. The van der Waals surface area contributed by atoms with Crippen molar-refractivity contribution in [3.63, 3.8) is 0 Å². The van der Waals surface area contributed by atoms with Gasteiger partial charge in [-0.1, -0.05) is 30.3 Å². The highest BCUT2D eigenvalue weighted by Crippen LogP contribution is 2.24. The van der Waals surface area contributed by atoms with Crippen molar-refractivity contribution < 1.29 is 4.79 Å². The Kier molecular flexibility index (Phi) is 6.06. The van der Waals surface area contributed by atoms with E-state index in [1.54, 1.807) is 17.3 Å². The molecule has 2 aliphatic rings. The molecule has 0 unspecified atom stereocenters. The third kappa shape index (κ3) is 4.62. The van der Waals surface area contributed by atoms with Crippen molar-refractivity contribution in [2.24, 2.45) is 5.92 Å². The fraction of sp³-hybridized carbons (Fsp3) is 0.435. The number of nitrogens with zero attached hydrogens (tertiary/aromatic N) is 8. The zero-order valence-corrected chi connectivity index (χ0v) is 18.1. The van der Waals surface area contributed by atoms with Crippen LogP contribution in [-0.4, -0.2) is 79.7 Å². The van der Waals surface area contributed by atoms with Crippen LogP contribution in [0.15, 0.2) is 55.4 Å². The molecule has 0 N–H and O–H groups in total. The van der Waals surface area contributed by atoms with Gasteiger partial charge in [0.15, 0.2) is 5.82 Å². The van der Waals surface area contributed by atoms with Crippen LogP contribution in [0.3, 0.4) is 0 Å². The number of carbonyl (C=O) groups excluding carboxylic acids is 1. The van der Waals surface area contributed by atoms with E-state index in [9.17, 15) is 4.79 Å². The predicted octanol–water partition coefficient (Wildman–Crippen LogP) is 1.62. The number of amides is 1. The Bertz CT molecular complexity index is 1010. The summed E-state index contributed by atoms with van der Waals surface area (Å²) < 4.78 is 1.62. The van der Waals surface area contributed by atoms with E-state index in [1.165, 1.54) is 11.9 Å². The average molecular weight is 433 g/mol. The number of rotatable bonds is 5. The van der Waals surface area contributed by atoms with Crippen molar-refractivity contribution in [3.05, 3.63) is 60.9 Å². The average Bonchev–Trinajstić information content (AvgIpc) is 3.40. The van der Waals surface area contributed by atoms with Gasteiger partial charge in [0.25, 0.3) is 0 Å². The number of aromatic nitrogens is 5. The highest BCUT2D eigenvalue weighted by Gasteiger charge is 2.31. The summed E-state index contributed by atoms with van der Waals surface area (Å²) in [6, 6.07) is 12.5. The van der Waals surface area contributed by atoms with Crippen molar-refractivity contribution in [2.75, 3.05) is 44.2 Å². The van der Waals surface area contributed by atoms with Crippen LogP contribution in [0.25, 0.3) is 5.82 Å². The van der Waals surface area contributed by atoms with Crippen molar-refractivity contribution in [2.45, 2.75) is 19.4 Å². The molecule has 1 amide bonds. The Balaban J connectivity index is 1.12. The largest absolute Gasteiger partial charge is 0.356 e. The zero-order chi connectivity index (χ0) is 21.8. The smallest absolute Gasteiger partial charge is 0.225 e. The van der Waals surface area contributed by atoms with Gasteiger partial charge in [-0.25, -0.2) is 19.6 Å². The normalized spacial score (nSPS) is 18.1. The molecule has 1 aromatic carbocycles. The van der Waals surface area contributed by atoms with Gasteiger partial charge in [0.1, 0.15) is 24.8 Å². The summed E-state index contributed by atoms with van der Waals surface area (Å²) in [5.74, 6) is 1.98. The third-order valence-electron chi connectivity index (χ3n) is 6.39. The van der Waals surface area contributed by atoms with E-state index < -0.39 is 0 Å². The Morgan fingerprint density at radius 2 is 1.66 bits per heavy atom. The number of hydrogen-bond acceptors (Lipinski definition) is 7. The van der Waals surface area contributed by atoms with E-state index in [0.717, 1.165) is 64.5 Å². The minimum absolute atomic E-state index is 0.101. The highest BCUT2D eigenvalue weighted by molar-refractivity contribution is 5.79. The lowest BCUT2D eigenvalue weighted by molar-refractivity contribution is -0.138. The van der Waals surface area contributed by atoms with Crippen LogP contribution in [0, 0.1) is 5.92 Å². The summed E-state index contributed by atoms with van der Waals surface area (Å²) in [5, 5.41) is 4.13. The first-order chi connectivity index (χ1) is 15.8. The predicted molar refractivity (Wildman–Crippen MR) is 120 cm³/mol. The van der Waals surface area contributed by atoms with E-state index in [1.807, 2.05) is 12.1 Å². The molecule has 0 spiro atoms. The molecule has 0 bridgehead atoms. The maximum absolute atomic E-state index is 13.1. The van der Waals surface area contributed by atoms with Gasteiger partial charge in [-0.05, 0) is 18.4 Å². The van der Waals surface area contributed by atoms with E-state index in [2.05, 4.69) is 59.0 Å². The molecular weight excluding hydrogens is 404 g/mol. The second kappa shape index (κ2) is 9.44. The number of carbonyl (C=O) groups is 1. The van der Waals surface area contributed by atoms with Crippen molar-refractivity contribution in [3.8, 4) is 5.82 Å². The molecule has 32 heavy (non-hydrogen) atoms. The summed E-state index contributed by atoms with van der Waals surface area (Å²) in [6.07, 6.45) is 6.37. The van der Waals surface area contributed by atoms with Crippen LogP contribution in [0.1, 0.15) is 18.4 Å². The van der Waals surface area contributed by atoms with E-state index in [0.29, 0.717) is 11.7 Å². The number of anilines is 1. The van der Waals surface area contributed by atoms with Gasteiger partial charge in [0, 0.05) is 57.8 Å². The lowest BCUT2D eigenvalue weighted by Crippen LogP contribution is -2.51. The van der Waals surface area contributed by atoms with Crippen LogP contribution in [0.5, 0.6) is 0 Å². The summed E-state index contributed by atoms with van der Waals surface area (Å²) in [5.41, 5.74) is 1.33. The molecule has 2 saturated heterocycles. The van der Waals surface area contributed by atoms with E-state index in [-0.39, 0.29) is 5.92 Å². The lowest BCUT2D eigenvalue weighted by Gasteiger charge is -2.38. The molecule has 2 fully saturated rings. The topological polar surface area (TPSA) is 83.3 Å². The molecule has 4 heterocycles. The summed E-state index contributed by atoms with van der Waals surface area (Å²) in [6.45, 7) is 6.10. The van der Waals surface area contributed by atoms with Gasteiger partial charge >= 0.3 is 0 Å². The van der Waals surface area contributed by atoms with Crippen LogP contribution in [0.2, 0.25) is 0 Å². The van der Waals surface area contributed by atoms with Gasteiger partial charge in [-0.15, -0.1) is 0 Å². The highest BCUT2D eigenvalue weighted by atomic mass is 16.2. The Morgan fingerprint density at radius 3 is 2.38 bits per heavy atom. The van der Waals surface area contributed by atoms with Gasteiger partial charge in [-0.2, -0.15) is 5.10 Å². The van der Waals surface area contributed by atoms with Gasteiger partial charge in [-0.3, -0.25) is 9.69 Å². The quantitative estimate of drug-likeness (QED) is 0.606.